The van der Waals surface area contributed by atoms with Gasteiger partial charge in [-0.05, 0) is 12.1 Å². The second-order valence-corrected chi connectivity index (χ2v) is 4.04. The van der Waals surface area contributed by atoms with E-state index in [1.165, 1.54) is 11.3 Å². The van der Waals surface area contributed by atoms with Gasteiger partial charge in [-0.25, -0.2) is 9.78 Å². The van der Waals surface area contributed by atoms with E-state index in [1.807, 2.05) is 0 Å². The normalized spacial score (nSPS) is 12.6. The number of carbonyl (C=O) groups is 1. The van der Waals surface area contributed by atoms with Crippen molar-refractivity contribution in [3.63, 3.8) is 0 Å². The Balaban J connectivity index is 2.11. The summed E-state index contributed by atoms with van der Waals surface area (Å²) in [6.07, 6.45) is 0.140. The summed E-state index contributed by atoms with van der Waals surface area (Å²) in [5, 5.41) is 20.1. The number of aromatic nitrogens is 1. The van der Waals surface area contributed by atoms with Crippen molar-refractivity contribution >= 4 is 17.3 Å². The molecule has 0 aliphatic carbocycles. The molecular weight excluding hydrogens is 230 g/mol. The first-order valence-electron chi connectivity index (χ1n) is 4.56. The molecule has 0 aliphatic heterocycles. The third kappa shape index (κ3) is 2.29. The molecule has 2 rings (SSSR count). The summed E-state index contributed by atoms with van der Waals surface area (Å²) in [6.45, 7) is 0. The van der Waals surface area contributed by atoms with Crippen LogP contribution in [0, 0.1) is 0 Å². The van der Waals surface area contributed by atoms with Gasteiger partial charge in [-0.2, -0.15) is 0 Å². The first kappa shape index (κ1) is 10.8. The van der Waals surface area contributed by atoms with Gasteiger partial charge in [0.25, 0.3) is 0 Å². The summed E-state index contributed by atoms with van der Waals surface area (Å²) in [5.74, 6) is -0.603. The summed E-state index contributed by atoms with van der Waals surface area (Å²) in [5.41, 5.74) is 0.548. The molecule has 0 spiro atoms. The predicted octanol–water partition coefficient (Wildman–Crippen LogP) is 1.39. The third-order valence-corrected chi connectivity index (χ3v) is 2.88. The average Bonchev–Trinajstić information content (AvgIpc) is 2.85. The summed E-state index contributed by atoms with van der Waals surface area (Å²) >= 11 is 1.35. The van der Waals surface area contributed by atoms with E-state index in [4.69, 9.17) is 14.6 Å². The zero-order chi connectivity index (χ0) is 11.5. The highest BCUT2D eigenvalue weighted by Crippen LogP contribution is 2.24. The molecule has 5 nitrogen and oxygen atoms in total. The van der Waals surface area contributed by atoms with E-state index in [1.54, 1.807) is 23.8 Å². The van der Waals surface area contributed by atoms with E-state index in [-0.39, 0.29) is 6.42 Å². The Morgan fingerprint density at radius 3 is 3.06 bits per heavy atom. The fraction of sp³-hybridized carbons (Fsp3) is 0.200. The van der Waals surface area contributed by atoms with Crippen molar-refractivity contribution in [1.29, 1.82) is 0 Å². The summed E-state index contributed by atoms with van der Waals surface area (Å²) in [7, 11) is 0. The van der Waals surface area contributed by atoms with Crippen molar-refractivity contribution in [2.45, 2.75) is 12.5 Å². The van der Waals surface area contributed by atoms with Crippen molar-refractivity contribution in [3.05, 3.63) is 29.5 Å². The fourth-order valence-electron chi connectivity index (χ4n) is 1.20. The molecule has 2 aromatic heterocycles. The molecule has 1 atom stereocenters. The summed E-state index contributed by atoms with van der Waals surface area (Å²) in [4.78, 5) is 14.6. The van der Waals surface area contributed by atoms with Gasteiger partial charge in [0.2, 0.25) is 0 Å². The zero-order valence-corrected chi connectivity index (χ0v) is 8.98. The lowest BCUT2D eigenvalue weighted by Crippen LogP contribution is -2.22. The zero-order valence-electron chi connectivity index (χ0n) is 8.16. The number of carboxylic acid groups (broad SMARTS) is 1. The van der Waals surface area contributed by atoms with Crippen molar-refractivity contribution in [3.8, 4) is 10.8 Å². The topological polar surface area (TPSA) is 83.6 Å². The number of hydrogen-bond donors (Lipinski definition) is 2. The van der Waals surface area contributed by atoms with E-state index in [2.05, 4.69) is 4.98 Å². The van der Waals surface area contributed by atoms with Crippen LogP contribution < -0.4 is 0 Å². The highest BCUT2D eigenvalue weighted by atomic mass is 32.1. The molecular formula is C10H9NO4S. The quantitative estimate of drug-likeness (QED) is 0.842. The van der Waals surface area contributed by atoms with Gasteiger partial charge in [-0.15, -0.1) is 11.3 Å². The smallest absolute Gasteiger partial charge is 0.332 e. The molecule has 0 saturated carbocycles. The maximum absolute atomic E-state index is 10.4. The number of nitrogens with zero attached hydrogens (tertiary/aromatic N) is 1. The van der Waals surface area contributed by atoms with Crippen LogP contribution in [-0.4, -0.2) is 27.3 Å². The van der Waals surface area contributed by atoms with Crippen molar-refractivity contribution in [1.82, 2.24) is 4.98 Å². The van der Waals surface area contributed by atoms with Crippen molar-refractivity contribution in [2.75, 3.05) is 0 Å². The van der Waals surface area contributed by atoms with Crippen LogP contribution in [0.3, 0.4) is 0 Å². The van der Waals surface area contributed by atoms with Crippen LogP contribution in [0.15, 0.2) is 28.2 Å². The monoisotopic (exact) mass is 239 g/mol. The van der Waals surface area contributed by atoms with Gasteiger partial charge in [0.1, 0.15) is 0 Å². The van der Waals surface area contributed by atoms with E-state index in [0.29, 0.717) is 16.5 Å². The molecule has 0 aliphatic rings. The largest absolute Gasteiger partial charge is 0.479 e. The van der Waals surface area contributed by atoms with Gasteiger partial charge in [0.15, 0.2) is 16.9 Å². The molecule has 2 heterocycles. The molecule has 1 unspecified atom stereocenters. The van der Waals surface area contributed by atoms with Gasteiger partial charge >= 0.3 is 5.97 Å². The van der Waals surface area contributed by atoms with Crippen LogP contribution in [0.5, 0.6) is 0 Å². The minimum atomic E-state index is -1.41. The maximum Gasteiger partial charge on any atom is 0.332 e. The molecule has 84 valence electrons. The Morgan fingerprint density at radius 2 is 2.44 bits per heavy atom. The van der Waals surface area contributed by atoms with Crippen LogP contribution in [0.2, 0.25) is 0 Å². The molecule has 0 aromatic carbocycles. The Hall–Kier alpha value is -1.66. The lowest BCUT2D eigenvalue weighted by Gasteiger charge is -2.00. The van der Waals surface area contributed by atoms with E-state index < -0.39 is 12.1 Å². The van der Waals surface area contributed by atoms with Crippen LogP contribution >= 0.6 is 11.3 Å². The molecule has 0 bridgehead atoms. The Bertz CT molecular complexity index is 477. The number of hydrogen-bond acceptors (Lipinski definition) is 5. The van der Waals surface area contributed by atoms with Gasteiger partial charge < -0.3 is 14.6 Å². The fourth-order valence-corrected chi connectivity index (χ4v) is 2.00. The van der Waals surface area contributed by atoms with Crippen molar-refractivity contribution < 1.29 is 19.4 Å². The predicted molar refractivity (Wildman–Crippen MR) is 57.2 cm³/mol. The molecule has 0 amide bonds. The molecule has 6 heteroatoms. The molecule has 0 radical (unpaired) electrons. The van der Waals surface area contributed by atoms with Crippen molar-refractivity contribution in [2.24, 2.45) is 0 Å². The minimum Gasteiger partial charge on any atom is -0.479 e. The molecule has 0 saturated heterocycles. The van der Waals surface area contributed by atoms with Gasteiger partial charge in [0.05, 0.1) is 12.0 Å². The maximum atomic E-state index is 10.4. The van der Waals surface area contributed by atoms with Crippen LogP contribution in [-0.2, 0) is 11.2 Å². The number of aliphatic hydroxyl groups is 1. The Kier molecular flexibility index (Phi) is 3.02. The number of carboxylic acids is 1. The van der Waals surface area contributed by atoms with Crippen LogP contribution in [0.1, 0.15) is 5.69 Å². The molecule has 0 fully saturated rings. The number of aliphatic carboxylic acids is 1. The minimum absolute atomic E-state index is 0.00649. The first-order valence-corrected chi connectivity index (χ1v) is 5.44. The van der Waals surface area contributed by atoms with E-state index >= 15 is 0 Å². The lowest BCUT2D eigenvalue weighted by molar-refractivity contribution is -0.146. The highest BCUT2D eigenvalue weighted by molar-refractivity contribution is 7.13. The average molecular weight is 239 g/mol. The van der Waals surface area contributed by atoms with E-state index in [9.17, 15) is 4.79 Å². The lowest BCUT2D eigenvalue weighted by atomic mass is 10.2. The Morgan fingerprint density at radius 1 is 1.62 bits per heavy atom. The number of aliphatic hydroxyl groups excluding tert-OH is 1. The molecule has 16 heavy (non-hydrogen) atoms. The number of furan rings is 1. The second kappa shape index (κ2) is 4.46. The Labute approximate surface area is 95.0 Å². The summed E-state index contributed by atoms with van der Waals surface area (Å²) < 4.78 is 5.15. The van der Waals surface area contributed by atoms with Crippen LogP contribution in [0.4, 0.5) is 0 Å². The number of thiazole rings is 1. The molecule has 2 aromatic rings. The third-order valence-electron chi connectivity index (χ3n) is 1.97. The molecule has 2 N–H and O–H groups in total. The number of rotatable bonds is 4. The van der Waals surface area contributed by atoms with Gasteiger partial charge in [0, 0.05) is 11.8 Å². The summed E-state index contributed by atoms with van der Waals surface area (Å²) in [6, 6.07) is 3.53. The second-order valence-electron chi connectivity index (χ2n) is 3.18. The highest BCUT2D eigenvalue weighted by Gasteiger charge is 2.16. The first-order chi connectivity index (χ1) is 7.66. The van der Waals surface area contributed by atoms with Crippen LogP contribution in [0.25, 0.3) is 10.8 Å². The van der Waals surface area contributed by atoms with E-state index in [0.717, 1.165) is 0 Å². The standard InChI is InChI=1S/C10H9NO4S/c12-7(10(13)14)4-6-5-16-9(11-6)8-2-1-3-15-8/h1-3,5,7,12H,4H2,(H,13,14). The SMILES string of the molecule is O=C(O)C(O)Cc1csc(-c2ccco2)n1. The van der Waals surface area contributed by atoms with Gasteiger partial charge in [-0.3, -0.25) is 0 Å². The van der Waals surface area contributed by atoms with Gasteiger partial charge in [-0.1, -0.05) is 0 Å².